The van der Waals surface area contributed by atoms with E-state index in [2.05, 4.69) is 28.5 Å². The summed E-state index contributed by atoms with van der Waals surface area (Å²) in [7, 11) is 0. The summed E-state index contributed by atoms with van der Waals surface area (Å²) in [5.41, 5.74) is 3.92. The first-order chi connectivity index (χ1) is 18.6. The fraction of sp³-hybridized carbons (Fsp3) is 0.586. The standard InChI is InChI=1S/C29H37N5O4/c30-18-22-11-12-24(26(32-22)25-8-2-4-17-38-25)27(29(35)36)34-15-13-23(19-34)37-16-3-1-7-21-10-9-20-6-5-14-31-28(20)33-21/h9-12,23,25,27H,1-8,13-17,19H2,(H,31,33)(H,35,36)/t23-,25?,27+/m1/s1. The van der Waals surface area contributed by atoms with Gasteiger partial charge in [-0.2, -0.15) is 5.26 Å². The fourth-order valence-corrected chi connectivity index (χ4v) is 5.77. The molecule has 0 aliphatic carbocycles. The van der Waals surface area contributed by atoms with Gasteiger partial charge in [0.15, 0.2) is 0 Å². The fourth-order valence-electron chi connectivity index (χ4n) is 5.77. The van der Waals surface area contributed by atoms with Gasteiger partial charge in [-0.1, -0.05) is 12.1 Å². The van der Waals surface area contributed by atoms with Crippen molar-refractivity contribution in [1.82, 2.24) is 14.9 Å². The first-order valence-corrected chi connectivity index (χ1v) is 14.0. The van der Waals surface area contributed by atoms with Crippen LogP contribution in [0.15, 0.2) is 24.3 Å². The lowest BCUT2D eigenvalue weighted by molar-refractivity contribution is -0.143. The van der Waals surface area contributed by atoms with Crippen LogP contribution in [0.25, 0.3) is 0 Å². The number of unbranched alkanes of at least 4 members (excludes halogenated alkanes) is 1. The highest BCUT2D eigenvalue weighted by atomic mass is 16.5. The highest BCUT2D eigenvalue weighted by Gasteiger charge is 2.37. The second-order valence-electron chi connectivity index (χ2n) is 10.5. The van der Waals surface area contributed by atoms with Crippen LogP contribution in [-0.4, -0.2) is 64.9 Å². The number of carbonyl (C=O) groups is 1. The third-order valence-corrected chi connectivity index (χ3v) is 7.76. The number of carboxylic acid groups (broad SMARTS) is 1. The van der Waals surface area contributed by atoms with Gasteiger partial charge in [0.2, 0.25) is 0 Å². The van der Waals surface area contributed by atoms with E-state index in [9.17, 15) is 15.2 Å². The Balaban J connectivity index is 1.15. The van der Waals surface area contributed by atoms with E-state index in [1.807, 2.05) is 4.90 Å². The molecule has 3 aliphatic heterocycles. The van der Waals surface area contributed by atoms with Crippen molar-refractivity contribution < 1.29 is 19.4 Å². The van der Waals surface area contributed by atoms with Gasteiger partial charge in [0.1, 0.15) is 23.6 Å². The smallest absolute Gasteiger partial charge is 0.325 e. The number of anilines is 1. The second kappa shape index (κ2) is 12.7. The number of fused-ring (bicyclic) bond motifs is 1. The maximum atomic E-state index is 12.5. The molecule has 2 fully saturated rings. The van der Waals surface area contributed by atoms with E-state index < -0.39 is 12.0 Å². The maximum absolute atomic E-state index is 12.5. The molecule has 0 bridgehead atoms. The van der Waals surface area contributed by atoms with E-state index in [-0.39, 0.29) is 17.9 Å². The first kappa shape index (κ1) is 26.5. The lowest BCUT2D eigenvalue weighted by atomic mass is 9.96. The van der Waals surface area contributed by atoms with Crippen molar-refractivity contribution in [3.63, 3.8) is 0 Å². The molecule has 3 atom stereocenters. The Morgan fingerprint density at radius 2 is 2.13 bits per heavy atom. The lowest BCUT2D eigenvalue weighted by Crippen LogP contribution is -2.35. The molecule has 2 aromatic rings. The van der Waals surface area contributed by atoms with Gasteiger partial charge in [-0.3, -0.25) is 9.69 Å². The minimum Gasteiger partial charge on any atom is -0.480 e. The molecule has 5 rings (SSSR count). The van der Waals surface area contributed by atoms with Gasteiger partial charge >= 0.3 is 5.97 Å². The molecule has 0 aromatic carbocycles. The molecule has 0 saturated carbocycles. The van der Waals surface area contributed by atoms with Gasteiger partial charge in [0.25, 0.3) is 0 Å². The summed E-state index contributed by atoms with van der Waals surface area (Å²) in [5.74, 6) is 0.126. The zero-order valence-electron chi connectivity index (χ0n) is 21.9. The molecule has 9 heteroatoms. The third-order valence-electron chi connectivity index (χ3n) is 7.76. The Labute approximate surface area is 224 Å². The highest BCUT2D eigenvalue weighted by Crippen LogP contribution is 2.35. The summed E-state index contributed by atoms with van der Waals surface area (Å²) in [6.07, 6.45) is 8.42. The summed E-state index contributed by atoms with van der Waals surface area (Å²) >= 11 is 0. The van der Waals surface area contributed by atoms with Gasteiger partial charge in [-0.15, -0.1) is 0 Å². The quantitative estimate of drug-likeness (QED) is 0.445. The number of likely N-dealkylation sites (tertiary alicyclic amines) is 1. The van der Waals surface area contributed by atoms with E-state index in [1.54, 1.807) is 12.1 Å². The van der Waals surface area contributed by atoms with Crippen LogP contribution in [0, 0.1) is 11.3 Å². The van der Waals surface area contributed by atoms with Gasteiger partial charge in [-0.25, -0.2) is 9.97 Å². The van der Waals surface area contributed by atoms with Crippen molar-refractivity contribution in [1.29, 1.82) is 5.26 Å². The number of pyridine rings is 2. The van der Waals surface area contributed by atoms with Crippen LogP contribution < -0.4 is 5.32 Å². The largest absolute Gasteiger partial charge is 0.480 e. The summed E-state index contributed by atoms with van der Waals surface area (Å²) in [6.45, 7) is 3.47. The third kappa shape index (κ3) is 6.32. The van der Waals surface area contributed by atoms with Crippen LogP contribution in [0.4, 0.5) is 5.82 Å². The van der Waals surface area contributed by atoms with Crippen LogP contribution >= 0.6 is 0 Å². The van der Waals surface area contributed by atoms with Crippen molar-refractivity contribution in [3.8, 4) is 6.07 Å². The molecular weight excluding hydrogens is 482 g/mol. The normalized spacial score (nSPS) is 22.3. The highest BCUT2D eigenvalue weighted by molar-refractivity contribution is 5.76. The maximum Gasteiger partial charge on any atom is 0.325 e. The molecule has 0 amide bonds. The number of carboxylic acids is 1. The molecule has 0 radical (unpaired) electrons. The van der Waals surface area contributed by atoms with E-state index in [0.29, 0.717) is 37.6 Å². The van der Waals surface area contributed by atoms with Crippen molar-refractivity contribution >= 4 is 11.8 Å². The number of rotatable bonds is 10. The van der Waals surface area contributed by atoms with Crippen LogP contribution in [0.2, 0.25) is 0 Å². The average molecular weight is 520 g/mol. The minimum absolute atomic E-state index is 0.00337. The number of nitriles is 1. The number of nitrogens with zero attached hydrogens (tertiary/aromatic N) is 4. The number of aromatic nitrogens is 2. The van der Waals surface area contributed by atoms with E-state index in [1.165, 1.54) is 5.56 Å². The summed E-state index contributed by atoms with van der Waals surface area (Å²) in [4.78, 5) is 23.7. The second-order valence-corrected chi connectivity index (χ2v) is 10.5. The minimum atomic E-state index is -0.916. The van der Waals surface area contributed by atoms with Crippen LogP contribution in [0.1, 0.15) is 85.3 Å². The van der Waals surface area contributed by atoms with Crippen molar-refractivity contribution in [3.05, 3.63) is 52.5 Å². The van der Waals surface area contributed by atoms with Gasteiger partial charge in [-0.05, 0) is 75.5 Å². The van der Waals surface area contributed by atoms with Crippen LogP contribution in [-0.2, 0) is 27.1 Å². The Kier molecular flexibility index (Phi) is 8.84. The molecule has 2 aromatic heterocycles. The van der Waals surface area contributed by atoms with E-state index >= 15 is 0 Å². The molecule has 2 N–H and O–H groups in total. The molecule has 5 heterocycles. The Bertz CT molecular complexity index is 1160. The average Bonchev–Trinajstić information content (AvgIpc) is 3.41. The van der Waals surface area contributed by atoms with Crippen LogP contribution in [0.5, 0.6) is 0 Å². The lowest BCUT2D eigenvalue weighted by Gasteiger charge is -2.29. The number of hydrogen-bond acceptors (Lipinski definition) is 8. The Hall–Kier alpha value is -3.06. The summed E-state index contributed by atoms with van der Waals surface area (Å²) < 4.78 is 12.1. The van der Waals surface area contributed by atoms with Gasteiger partial charge in [0, 0.05) is 44.1 Å². The Morgan fingerprint density at radius 3 is 2.95 bits per heavy atom. The van der Waals surface area contributed by atoms with Crippen LogP contribution in [0.3, 0.4) is 0 Å². The molecular formula is C29H37N5O4. The molecule has 3 aliphatic rings. The molecule has 1 unspecified atom stereocenters. The molecule has 0 spiro atoms. The monoisotopic (exact) mass is 519 g/mol. The number of nitrogens with one attached hydrogen (secondary N) is 1. The number of aryl methyl sites for hydroxylation is 2. The van der Waals surface area contributed by atoms with E-state index in [0.717, 1.165) is 75.8 Å². The molecule has 9 nitrogen and oxygen atoms in total. The molecule has 38 heavy (non-hydrogen) atoms. The van der Waals surface area contributed by atoms with Crippen molar-refractivity contribution in [2.24, 2.45) is 0 Å². The summed E-state index contributed by atoms with van der Waals surface area (Å²) in [6, 6.07) is 8.93. The first-order valence-electron chi connectivity index (χ1n) is 14.0. The molecule has 202 valence electrons. The summed E-state index contributed by atoms with van der Waals surface area (Å²) in [5, 5.41) is 23.0. The molecule has 2 saturated heterocycles. The van der Waals surface area contributed by atoms with Crippen molar-refractivity contribution in [2.75, 3.05) is 38.2 Å². The number of hydrogen-bond donors (Lipinski definition) is 2. The SMILES string of the molecule is N#Cc1ccc([C@@H](C(=O)O)N2CC[C@@H](OCCCCc3ccc4c(n3)NCCC4)C2)c(C2CCCCO2)n1. The van der Waals surface area contributed by atoms with Crippen molar-refractivity contribution in [2.45, 2.75) is 76.0 Å². The number of ether oxygens (including phenoxy) is 2. The zero-order valence-corrected chi connectivity index (χ0v) is 21.9. The predicted octanol–water partition coefficient (Wildman–Crippen LogP) is 4.19. The number of aliphatic carboxylic acids is 1. The van der Waals surface area contributed by atoms with Gasteiger partial charge < -0.3 is 19.9 Å². The van der Waals surface area contributed by atoms with Gasteiger partial charge in [0.05, 0.1) is 17.9 Å². The Morgan fingerprint density at radius 1 is 1.21 bits per heavy atom. The van der Waals surface area contributed by atoms with E-state index in [4.69, 9.17) is 14.5 Å². The zero-order chi connectivity index (χ0) is 26.3. The topological polar surface area (TPSA) is 121 Å². The predicted molar refractivity (Wildman–Crippen MR) is 142 cm³/mol.